The first-order valence-corrected chi connectivity index (χ1v) is 11.3. The molecule has 1 fully saturated rings. The van der Waals surface area contributed by atoms with E-state index in [9.17, 15) is 9.59 Å². The van der Waals surface area contributed by atoms with Crippen molar-refractivity contribution in [3.05, 3.63) is 68.7 Å². The van der Waals surface area contributed by atoms with Gasteiger partial charge in [0.2, 0.25) is 11.8 Å². The Kier molecular flexibility index (Phi) is 8.04. The highest BCUT2D eigenvalue weighted by Crippen LogP contribution is 2.26. The summed E-state index contributed by atoms with van der Waals surface area (Å²) in [5.74, 6) is -0.358. The van der Waals surface area contributed by atoms with Crippen LogP contribution in [0, 0.1) is 0 Å². The van der Waals surface area contributed by atoms with Crippen LogP contribution in [0.2, 0.25) is 15.1 Å². The summed E-state index contributed by atoms with van der Waals surface area (Å²) < 4.78 is 0. The van der Waals surface area contributed by atoms with Gasteiger partial charge in [-0.1, -0.05) is 65.8 Å². The lowest BCUT2D eigenvalue weighted by atomic mass is 10.1. The fourth-order valence-corrected chi connectivity index (χ4v) is 4.37. The summed E-state index contributed by atoms with van der Waals surface area (Å²) in [6.07, 6.45) is 4.24. The number of carbonyl (C=O) groups is 2. The molecule has 0 radical (unpaired) electrons. The molecule has 2 aromatic carbocycles. The highest BCUT2D eigenvalue weighted by molar-refractivity contribution is 6.36. The van der Waals surface area contributed by atoms with Gasteiger partial charge in [-0.15, -0.1) is 0 Å². The molecule has 1 atom stereocenters. The lowest BCUT2D eigenvalue weighted by Gasteiger charge is -2.30. The normalized spacial score (nSPS) is 15.1. The topological polar surface area (TPSA) is 49.4 Å². The van der Waals surface area contributed by atoms with Gasteiger partial charge in [0.25, 0.3) is 0 Å². The second kappa shape index (κ2) is 10.5. The minimum absolute atomic E-state index is 0.0210. The van der Waals surface area contributed by atoms with Crippen molar-refractivity contribution in [1.82, 2.24) is 10.2 Å². The Labute approximate surface area is 192 Å². The number of amides is 2. The maximum Gasteiger partial charge on any atom is 0.242 e. The molecule has 2 amide bonds. The largest absolute Gasteiger partial charge is 0.352 e. The van der Waals surface area contributed by atoms with Gasteiger partial charge in [0.1, 0.15) is 6.04 Å². The van der Waals surface area contributed by atoms with Gasteiger partial charge in [-0.3, -0.25) is 9.59 Å². The van der Waals surface area contributed by atoms with Crippen molar-refractivity contribution >= 4 is 46.6 Å². The highest BCUT2D eigenvalue weighted by Gasteiger charge is 2.29. The first-order chi connectivity index (χ1) is 14.3. The molecule has 7 heteroatoms. The predicted molar refractivity (Wildman–Crippen MR) is 122 cm³/mol. The summed E-state index contributed by atoms with van der Waals surface area (Å²) in [7, 11) is 0. The lowest BCUT2D eigenvalue weighted by molar-refractivity contribution is -0.140. The third-order valence-electron chi connectivity index (χ3n) is 5.52. The van der Waals surface area contributed by atoms with Gasteiger partial charge in [0.05, 0.1) is 6.42 Å². The maximum atomic E-state index is 13.3. The van der Waals surface area contributed by atoms with Crippen molar-refractivity contribution in [2.24, 2.45) is 0 Å². The van der Waals surface area contributed by atoms with Gasteiger partial charge in [0.15, 0.2) is 0 Å². The zero-order valence-electron chi connectivity index (χ0n) is 16.8. The van der Waals surface area contributed by atoms with Crippen LogP contribution in [-0.4, -0.2) is 28.8 Å². The van der Waals surface area contributed by atoms with E-state index in [0.717, 1.165) is 31.2 Å². The van der Waals surface area contributed by atoms with Gasteiger partial charge in [-0.05, 0) is 55.2 Å². The number of halogens is 3. The van der Waals surface area contributed by atoms with E-state index < -0.39 is 6.04 Å². The molecule has 0 saturated heterocycles. The van der Waals surface area contributed by atoms with E-state index in [1.54, 1.807) is 42.2 Å². The van der Waals surface area contributed by atoms with Gasteiger partial charge >= 0.3 is 0 Å². The lowest BCUT2D eigenvalue weighted by Crippen LogP contribution is -2.50. The summed E-state index contributed by atoms with van der Waals surface area (Å²) >= 11 is 18.5. The van der Waals surface area contributed by atoms with E-state index in [-0.39, 0.29) is 30.8 Å². The Hall–Kier alpha value is -1.75. The van der Waals surface area contributed by atoms with Crippen LogP contribution in [0.4, 0.5) is 0 Å². The van der Waals surface area contributed by atoms with E-state index in [2.05, 4.69) is 5.32 Å². The molecular weight excluding hydrogens is 443 g/mol. The van der Waals surface area contributed by atoms with Crippen LogP contribution in [-0.2, 0) is 22.6 Å². The monoisotopic (exact) mass is 466 g/mol. The molecule has 160 valence electrons. The summed E-state index contributed by atoms with van der Waals surface area (Å²) in [6, 6.07) is 12.0. The number of hydrogen-bond acceptors (Lipinski definition) is 2. The van der Waals surface area contributed by atoms with Crippen LogP contribution < -0.4 is 5.32 Å². The SMILES string of the molecule is C[C@@H](C(=O)NC1CCCC1)N(Cc1ccc(Cl)cc1)C(=O)Cc1c(Cl)cccc1Cl. The van der Waals surface area contributed by atoms with Gasteiger partial charge in [-0.2, -0.15) is 0 Å². The Bertz CT molecular complexity index is 876. The molecule has 1 aliphatic carbocycles. The van der Waals surface area contributed by atoms with Crippen molar-refractivity contribution in [1.29, 1.82) is 0 Å². The molecule has 0 aromatic heterocycles. The van der Waals surface area contributed by atoms with Gasteiger partial charge in [-0.25, -0.2) is 0 Å². The summed E-state index contributed by atoms with van der Waals surface area (Å²) in [5.41, 5.74) is 1.45. The van der Waals surface area contributed by atoms with Crippen LogP contribution in [0.1, 0.15) is 43.7 Å². The molecule has 0 unspecified atom stereocenters. The fraction of sp³-hybridized carbons (Fsp3) is 0.391. The van der Waals surface area contributed by atoms with Crippen molar-refractivity contribution < 1.29 is 9.59 Å². The standard InChI is InChI=1S/C23H25Cl3N2O2/c1-15(23(30)27-18-5-2-3-6-18)28(14-16-9-11-17(24)12-10-16)22(29)13-19-20(25)7-4-8-21(19)26/h4,7-12,15,18H,2-3,5-6,13-14H2,1H3,(H,27,30)/t15-/m0/s1. The number of hydrogen-bond donors (Lipinski definition) is 1. The number of benzene rings is 2. The minimum Gasteiger partial charge on any atom is -0.352 e. The Morgan fingerprint density at radius 3 is 2.23 bits per heavy atom. The van der Waals surface area contributed by atoms with E-state index in [1.165, 1.54) is 0 Å². The number of carbonyl (C=O) groups excluding carboxylic acids is 2. The molecule has 0 aliphatic heterocycles. The smallest absolute Gasteiger partial charge is 0.242 e. The van der Waals surface area contributed by atoms with Crippen LogP contribution in [0.25, 0.3) is 0 Å². The minimum atomic E-state index is -0.630. The number of nitrogens with zero attached hydrogens (tertiary/aromatic N) is 1. The molecule has 30 heavy (non-hydrogen) atoms. The molecule has 4 nitrogen and oxygen atoms in total. The van der Waals surface area contributed by atoms with Crippen LogP contribution in [0.15, 0.2) is 42.5 Å². The number of rotatable bonds is 7. The third kappa shape index (κ3) is 5.90. The summed E-state index contributed by atoms with van der Waals surface area (Å²) in [4.78, 5) is 27.7. The van der Waals surface area contributed by atoms with Crippen molar-refractivity contribution in [3.8, 4) is 0 Å². The van der Waals surface area contributed by atoms with Crippen LogP contribution >= 0.6 is 34.8 Å². The zero-order valence-corrected chi connectivity index (χ0v) is 19.1. The predicted octanol–water partition coefficient (Wildman–Crippen LogP) is 5.67. The average molecular weight is 468 g/mol. The molecule has 0 spiro atoms. The van der Waals surface area contributed by atoms with Crippen LogP contribution in [0.5, 0.6) is 0 Å². The van der Waals surface area contributed by atoms with E-state index in [1.807, 2.05) is 12.1 Å². The third-order valence-corrected chi connectivity index (χ3v) is 6.48. The fourth-order valence-electron chi connectivity index (χ4n) is 3.72. The number of nitrogens with one attached hydrogen (secondary N) is 1. The van der Waals surface area contributed by atoms with E-state index in [4.69, 9.17) is 34.8 Å². The Balaban J connectivity index is 1.80. The highest BCUT2D eigenvalue weighted by atomic mass is 35.5. The summed E-state index contributed by atoms with van der Waals surface area (Å²) in [5, 5.41) is 4.58. The molecule has 1 aliphatic rings. The molecule has 2 aromatic rings. The van der Waals surface area contributed by atoms with Gasteiger partial charge in [0, 0.05) is 27.7 Å². The summed E-state index contributed by atoms with van der Waals surface area (Å²) in [6.45, 7) is 2.05. The van der Waals surface area contributed by atoms with Crippen molar-refractivity contribution in [2.45, 2.75) is 57.7 Å². The Morgan fingerprint density at radius 1 is 1.03 bits per heavy atom. The molecule has 0 bridgehead atoms. The Morgan fingerprint density at radius 2 is 1.63 bits per heavy atom. The first-order valence-electron chi connectivity index (χ1n) is 10.1. The average Bonchev–Trinajstić information content (AvgIpc) is 3.22. The van der Waals surface area contributed by atoms with Crippen molar-refractivity contribution in [2.75, 3.05) is 0 Å². The van der Waals surface area contributed by atoms with E-state index >= 15 is 0 Å². The zero-order chi connectivity index (χ0) is 21.7. The molecular formula is C23H25Cl3N2O2. The quantitative estimate of drug-likeness (QED) is 0.571. The first kappa shape index (κ1) is 22.9. The maximum absolute atomic E-state index is 13.3. The second-order valence-electron chi connectivity index (χ2n) is 7.69. The van der Waals surface area contributed by atoms with Gasteiger partial charge < -0.3 is 10.2 Å². The van der Waals surface area contributed by atoms with Crippen LogP contribution in [0.3, 0.4) is 0 Å². The van der Waals surface area contributed by atoms with E-state index in [0.29, 0.717) is 20.6 Å². The molecule has 1 saturated carbocycles. The molecule has 3 rings (SSSR count). The second-order valence-corrected chi connectivity index (χ2v) is 8.94. The van der Waals surface area contributed by atoms with Crippen molar-refractivity contribution in [3.63, 3.8) is 0 Å². The molecule has 1 N–H and O–H groups in total. The molecule has 0 heterocycles.